The first-order valence-electron chi connectivity index (χ1n) is 6.29. The van der Waals surface area contributed by atoms with Crippen molar-refractivity contribution in [3.05, 3.63) is 30.0 Å². The molecule has 5 heteroatoms. The number of nitrogen functional groups attached to an aromatic ring is 1. The van der Waals surface area contributed by atoms with Crippen LogP contribution in [0.3, 0.4) is 0 Å². The van der Waals surface area contributed by atoms with Crippen molar-refractivity contribution in [3.8, 4) is 11.6 Å². The van der Waals surface area contributed by atoms with Gasteiger partial charge in [-0.1, -0.05) is 13.3 Å². The molecule has 1 aromatic carbocycles. The number of ether oxygens (including phenoxy) is 1. The van der Waals surface area contributed by atoms with Crippen LogP contribution in [0.15, 0.2) is 29.2 Å². The average molecular weight is 277 g/mol. The fourth-order valence-corrected chi connectivity index (χ4v) is 2.28. The minimum Gasteiger partial charge on any atom is -0.437 e. The van der Waals surface area contributed by atoms with Gasteiger partial charge in [0.15, 0.2) is 0 Å². The molecule has 1 aromatic heterocycles. The van der Waals surface area contributed by atoms with Crippen LogP contribution >= 0.6 is 11.8 Å². The van der Waals surface area contributed by atoms with Gasteiger partial charge in [-0.25, -0.2) is 4.68 Å². The van der Waals surface area contributed by atoms with E-state index >= 15 is 0 Å². The molecular formula is C14H19N3OS. The predicted molar refractivity (Wildman–Crippen MR) is 79.9 cm³/mol. The molecular weight excluding hydrogens is 258 g/mol. The fraction of sp³-hybridized carbons (Fsp3) is 0.357. The van der Waals surface area contributed by atoms with Gasteiger partial charge in [0.1, 0.15) is 11.4 Å². The second-order valence-electron chi connectivity index (χ2n) is 4.32. The molecule has 0 atom stereocenters. The maximum absolute atomic E-state index is 6.08. The van der Waals surface area contributed by atoms with Crippen LogP contribution in [0.5, 0.6) is 11.6 Å². The molecule has 0 amide bonds. The second kappa shape index (κ2) is 6.02. The zero-order valence-corrected chi connectivity index (χ0v) is 12.3. The fourth-order valence-electron chi connectivity index (χ4n) is 1.88. The van der Waals surface area contributed by atoms with Crippen LogP contribution in [0.4, 0.5) is 5.69 Å². The molecule has 102 valence electrons. The summed E-state index contributed by atoms with van der Waals surface area (Å²) < 4.78 is 7.53. The van der Waals surface area contributed by atoms with Gasteiger partial charge >= 0.3 is 0 Å². The number of nitrogens with two attached hydrogens (primary N) is 1. The van der Waals surface area contributed by atoms with Gasteiger partial charge in [0.25, 0.3) is 0 Å². The number of hydrogen-bond donors (Lipinski definition) is 1. The van der Waals surface area contributed by atoms with E-state index in [0.29, 0.717) is 11.6 Å². The standard InChI is InChI=1S/C14H19N3OS/c1-4-5-12-13(15)14(17(2)16-12)18-10-6-8-11(19-3)9-7-10/h6-9H,4-5,15H2,1-3H3. The summed E-state index contributed by atoms with van der Waals surface area (Å²) in [5.41, 5.74) is 7.62. The van der Waals surface area contributed by atoms with E-state index < -0.39 is 0 Å². The molecule has 4 nitrogen and oxygen atoms in total. The summed E-state index contributed by atoms with van der Waals surface area (Å²) in [6.07, 6.45) is 3.93. The first-order chi connectivity index (χ1) is 9.15. The van der Waals surface area contributed by atoms with E-state index in [2.05, 4.69) is 12.0 Å². The van der Waals surface area contributed by atoms with Gasteiger partial charge in [-0.3, -0.25) is 0 Å². The van der Waals surface area contributed by atoms with Crippen LogP contribution in [-0.2, 0) is 13.5 Å². The molecule has 0 saturated heterocycles. The Morgan fingerprint density at radius 3 is 2.58 bits per heavy atom. The van der Waals surface area contributed by atoms with Gasteiger partial charge in [0.05, 0.1) is 5.69 Å². The smallest absolute Gasteiger partial charge is 0.241 e. The number of aromatic nitrogens is 2. The first kappa shape index (κ1) is 13.8. The van der Waals surface area contributed by atoms with Gasteiger partial charge in [-0.15, -0.1) is 11.8 Å². The zero-order chi connectivity index (χ0) is 13.8. The van der Waals surface area contributed by atoms with Gasteiger partial charge in [0.2, 0.25) is 5.88 Å². The summed E-state index contributed by atoms with van der Waals surface area (Å²) in [5.74, 6) is 1.39. The number of nitrogens with zero attached hydrogens (tertiary/aromatic N) is 2. The summed E-state index contributed by atoms with van der Waals surface area (Å²) in [6, 6.07) is 7.94. The lowest BCUT2D eigenvalue weighted by Gasteiger charge is -2.07. The van der Waals surface area contributed by atoms with Gasteiger partial charge in [-0.05, 0) is 36.9 Å². The van der Waals surface area contributed by atoms with Crippen LogP contribution < -0.4 is 10.5 Å². The molecule has 2 rings (SSSR count). The summed E-state index contributed by atoms with van der Waals surface area (Å²) in [5, 5.41) is 4.39. The number of anilines is 1. The number of hydrogen-bond acceptors (Lipinski definition) is 4. The van der Waals surface area contributed by atoms with E-state index in [1.165, 1.54) is 4.90 Å². The molecule has 0 spiro atoms. The van der Waals surface area contributed by atoms with Gasteiger partial charge in [-0.2, -0.15) is 5.10 Å². The number of rotatable bonds is 5. The van der Waals surface area contributed by atoms with Crippen molar-refractivity contribution in [1.29, 1.82) is 0 Å². The third-order valence-electron chi connectivity index (χ3n) is 2.87. The molecule has 1 heterocycles. The van der Waals surface area contributed by atoms with Crippen LogP contribution in [-0.4, -0.2) is 16.0 Å². The van der Waals surface area contributed by atoms with E-state index in [4.69, 9.17) is 10.5 Å². The van der Waals surface area contributed by atoms with Crippen LogP contribution in [0.2, 0.25) is 0 Å². The Hall–Kier alpha value is -1.62. The molecule has 2 N–H and O–H groups in total. The third kappa shape index (κ3) is 3.04. The zero-order valence-electron chi connectivity index (χ0n) is 11.5. The Balaban J connectivity index is 2.22. The Morgan fingerprint density at radius 2 is 2.00 bits per heavy atom. The highest BCUT2D eigenvalue weighted by Crippen LogP contribution is 2.30. The molecule has 0 bridgehead atoms. The predicted octanol–water partition coefficient (Wildman–Crippen LogP) is 3.47. The summed E-state index contributed by atoms with van der Waals surface area (Å²) >= 11 is 1.70. The highest BCUT2D eigenvalue weighted by molar-refractivity contribution is 7.98. The molecule has 19 heavy (non-hydrogen) atoms. The van der Waals surface area contributed by atoms with Crippen molar-refractivity contribution >= 4 is 17.4 Å². The summed E-state index contributed by atoms with van der Waals surface area (Å²) in [4.78, 5) is 1.21. The summed E-state index contributed by atoms with van der Waals surface area (Å²) in [6.45, 7) is 2.11. The normalized spacial score (nSPS) is 10.7. The molecule has 0 aliphatic rings. The van der Waals surface area contributed by atoms with Gasteiger partial charge < -0.3 is 10.5 Å². The van der Waals surface area contributed by atoms with Crippen molar-refractivity contribution in [2.75, 3.05) is 12.0 Å². The van der Waals surface area contributed by atoms with Gasteiger partial charge in [0, 0.05) is 11.9 Å². The van der Waals surface area contributed by atoms with E-state index in [1.54, 1.807) is 16.4 Å². The van der Waals surface area contributed by atoms with Crippen LogP contribution in [0, 0.1) is 0 Å². The maximum atomic E-state index is 6.08. The lowest BCUT2D eigenvalue weighted by molar-refractivity contribution is 0.432. The topological polar surface area (TPSA) is 53.1 Å². The van der Waals surface area contributed by atoms with Crippen LogP contribution in [0.25, 0.3) is 0 Å². The lowest BCUT2D eigenvalue weighted by Crippen LogP contribution is -1.96. The minimum absolute atomic E-state index is 0.611. The van der Waals surface area contributed by atoms with E-state index in [9.17, 15) is 0 Å². The Bertz CT molecular complexity index is 549. The quantitative estimate of drug-likeness (QED) is 0.850. The highest BCUT2D eigenvalue weighted by Gasteiger charge is 2.14. The van der Waals surface area contributed by atoms with Crippen molar-refractivity contribution in [1.82, 2.24) is 9.78 Å². The number of thioether (sulfide) groups is 1. The second-order valence-corrected chi connectivity index (χ2v) is 5.20. The Morgan fingerprint density at radius 1 is 1.32 bits per heavy atom. The average Bonchev–Trinajstić information content (AvgIpc) is 2.68. The Labute approximate surface area is 117 Å². The van der Waals surface area contributed by atoms with E-state index in [1.807, 2.05) is 37.6 Å². The first-order valence-corrected chi connectivity index (χ1v) is 7.51. The molecule has 0 radical (unpaired) electrons. The molecule has 2 aromatic rings. The van der Waals surface area contributed by atoms with Crippen molar-refractivity contribution in [2.24, 2.45) is 7.05 Å². The van der Waals surface area contributed by atoms with E-state index in [-0.39, 0.29) is 0 Å². The van der Waals surface area contributed by atoms with E-state index in [0.717, 1.165) is 24.3 Å². The molecule has 0 aliphatic carbocycles. The molecule has 0 unspecified atom stereocenters. The number of aryl methyl sites for hydroxylation is 2. The number of benzene rings is 1. The lowest BCUT2D eigenvalue weighted by atomic mass is 10.2. The molecule has 0 aliphatic heterocycles. The van der Waals surface area contributed by atoms with Crippen LogP contribution in [0.1, 0.15) is 19.0 Å². The monoisotopic (exact) mass is 277 g/mol. The molecule has 0 saturated carbocycles. The molecule has 0 fully saturated rings. The third-order valence-corrected chi connectivity index (χ3v) is 3.61. The van der Waals surface area contributed by atoms with Crippen molar-refractivity contribution < 1.29 is 4.74 Å². The van der Waals surface area contributed by atoms with Crippen molar-refractivity contribution in [3.63, 3.8) is 0 Å². The summed E-state index contributed by atoms with van der Waals surface area (Å²) in [7, 11) is 1.85. The largest absolute Gasteiger partial charge is 0.437 e. The SMILES string of the molecule is CCCc1nn(C)c(Oc2ccc(SC)cc2)c1N. The minimum atomic E-state index is 0.611. The Kier molecular flexibility index (Phi) is 4.37. The maximum Gasteiger partial charge on any atom is 0.241 e. The van der Waals surface area contributed by atoms with Crippen molar-refractivity contribution in [2.45, 2.75) is 24.7 Å². The highest BCUT2D eigenvalue weighted by atomic mass is 32.2.